The fourth-order valence-electron chi connectivity index (χ4n) is 1.10. The largest absolute Gasteiger partial charge is 0.477 e. The summed E-state index contributed by atoms with van der Waals surface area (Å²) in [5, 5.41) is 10.4. The van der Waals surface area contributed by atoms with Gasteiger partial charge < -0.3 is 15.2 Å². The maximum atomic E-state index is 13.1. The Morgan fingerprint density at radius 2 is 1.47 bits per heavy atom. The molecule has 1 aromatic carbocycles. The van der Waals surface area contributed by atoms with Crippen LogP contribution in [0.5, 0.6) is 5.75 Å². The zero-order valence-electron chi connectivity index (χ0n) is 9.27. The van der Waals surface area contributed by atoms with Gasteiger partial charge in [-0.25, -0.2) is 13.2 Å². The third kappa shape index (κ3) is 3.31. The summed E-state index contributed by atoms with van der Waals surface area (Å²) in [4.78, 5) is 11.0. The Bertz CT molecular complexity index is 466. The Kier molecular flexibility index (Phi) is 5.04. The van der Waals surface area contributed by atoms with Crippen LogP contribution in [0, 0.1) is 29.1 Å². The molecule has 0 radical (unpaired) electrons. The highest BCUT2D eigenvalue weighted by molar-refractivity contribution is 5.77. The highest BCUT2D eigenvalue weighted by Gasteiger charge is 2.27. The topological polar surface area (TPSA) is 58.6 Å². The first-order chi connectivity index (χ1) is 8.90. The molecule has 4 nitrogen and oxygen atoms in total. The van der Waals surface area contributed by atoms with Gasteiger partial charge in [0.15, 0.2) is 12.4 Å². The van der Waals surface area contributed by atoms with Gasteiger partial charge in [0.2, 0.25) is 29.1 Å². The van der Waals surface area contributed by atoms with E-state index < -0.39 is 47.3 Å². The maximum absolute atomic E-state index is 13.1. The van der Waals surface area contributed by atoms with Crippen molar-refractivity contribution in [3.8, 4) is 5.75 Å². The van der Waals surface area contributed by atoms with Gasteiger partial charge in [0.05, 0.1) is 6.61 Å². The van der Waals surface area contributed by atoms with Crippen molar-refractivity contribution in [2.24, 2.45) is 0 Å². The molecular formula is C10H8F5NO3. The number of aliphatic hydroxyl groups is 1. The minimum absolute atomic E-state index is 0.140. The zero-order valence-corrected chi connectivity index (χ0v) is 9.27. The van der Waals surface area contributed by atoms with Gasteiger partial charge >= 0.3 is 0 Å². The fraction of sp³-hybridized carbons (Fsp3) is 0.300. The van der Waals surface area contributed by atoms with Crippen molar-refractivity contribution < 1.29 is 36.6 Å². The number of carbonyl (C=O) groups excluding carboxylic acids is 1. The summed E-state index contributed by atoms with van der Waals surface area (Å²) in [7, 11) is 0. The second kappa shape index (κ2) is 6.32. The molecule has 9 heteroatoms. The number of carbonyl (C=O) groups is 1. The van der Waals surface area contributed by atoms with Gasteiger partial charge in [-0.2, -0.15) is 8.78 Å². The van der Waals surface area contributed by atoms with Crippen LogP contribution in [-0.2, 0) is 4.79 Å². The molecule has 1 aromatic rings. The van der Waals surface area contributed by atoms with Gasteiger partial charge in [0, 0.05) is 6.54 Å². The molecule has 0 aliphatic carbocycles. The Morgan fingerprint density at radius 1 is 1.00 bits per heavy atom. The van der Waals surface area contributed by atoms with Crippen LogP contribution in [-0.4, -0.2) is 30.8 Å². The van der Waals surface area contributed by atoms with Crippen LogP contribution in [0.2, 0.25) is 0 Å². The third-order valence-electron chi connectivity index (χ3n) is 1.95. The Balaban J connectivity index is 2.87. The number of rotatable bonds is 5. The predicted octanol–water partition coefficient (Wildman–Crippen LogP) is 0.869. The smallest absolute Gasteiger partial charge is 0.258 e. The van der Waals surface area contributed by atoms with E-state index in [-0.39, 0.29) is 13.2 Å². The van der Waals surface area contributed by atoms with Crippen molar-refractivity contribution in [3.05, 3.63) is 29.1 Å². The van der Waals surface area contributed by atoms with Crippen molar-refractivity contribution >= 4 is 5.91 Å². The molecule has 0 saturated heterocycles. The average Bonchev–Trinajstić information content (AvgIpc) is 2.40. The highest BCUT2D eigenvalue weighted by Crippen LogP contribution is 2.28. The fourth-order valence-corrected chi connectivity index (χ4v) is 1.10. The quantitative estimate of drug-likeness (QED) is 0.479. The van der Waals surface area contributed by atoms with Gasteiger partial charge in [-0.3, -0.25) is 4.79 Å². The Labute approximate surface area is 103 Å². The Hall–Kier alpha value is -1.90. The minimum Gasteiger partial charge on any atom is -0.477 e. The molecule has 0 fully saturated rings. The predicted molar refractivity (Wildman–Crippen MR) is 51.8 cm³/mol. The van der Waals surface area contributed by atoms with Gasteiger partial charge in [-0.1, -0.05) is 0 Å². The zero-order chi connectivity index (χ0) is 14.6. The first-order valence-corrected chi connectivity index (χ1v) is 4.92. The van der Waals surface area contributed by atoms with Gasteiger partial charge in [0.25, 0.3) is 5.91 Å². The lowest BCUT2D eigenvalue weighted by Crippen LogP contribution is -2.31. The Morgan fingerprint density at radius 3 is 1.95 bits per heavy atom. The van der Waals surface area contributed by atoms with E-state index in [1.165, 1.54) is 0 Å². The first-order valence-electron chi connectivity index (χ1n) is 4.92. The molecule has 0 aromatic heterocycles. The number of ether oxygens (including phenoxy) is 1. The molecule has 106 valence electrons. The molecule has 0 heterocycles. The molecule has 0 aliphatic rings. The van der Waals surface area contributed by atoms with E-state index in [2.05, 4.69) is 10.1 Å². The molecule has 0 unspecified atom stereocenters. The summed E-state index contributed by atoms with van der Waals surface area (Å²) < 4.78 is 68.6. The summed E-state index contributed by atoms with van der Waals surface area (Å²) in [5.41, 5.74) is 0. The average molecular weight is 285 g/mol. The molecule has 2 N–H and O–H groups in total. The van der Waals surface area contributed by atoms with E-state index in [4.69, 9.17) is 5.11 Å². The van der Waals surface area contributed by atoms with Gasteiger partial charge in [-0.15, -0.1) is 0 Å². The van der Waals surface area contributed by atoms with Gasteiger partial charge in [-0.05, 0) is 0 Å². The van der Waals surface area contributed by atoms with E-state index in [0.29, 0.717) is 0 Å². The van der Waals surface area contributed by atoms with E-state index in [1.54, 1.807) is 0 Å². The maximum Gasteiger partial charge on any atom is 0.258 e. The molecule has 0 atom stereocenters. The second-order valence-corrected chi connectivity index (χ2v) is 3.26. The van der Waals surface area contributed by atoms with Crippen molar-refractivity contribution in [1.29, 1.82) is 0 Å². The van der Waals surface area contributed by atoms with Crippen molar-refractivity contribution in [1.82, 2.24) is 5.32 Å². The summed E-state index contributed by atoms with van der Waals surface area (Å²) in [6, 6.07) is 0. The van der Waals surface area contributed by atoms with Crippen molar-refractivity contribution in [3.63, 3.8) is 0 Å². The number of hydrogen-bond acceptors (Lipinski definition) is 3. The number of nitrogens with one attached hydrogen (secondary N) is 1. The molecular weight excluding hydrogens is 277 g/mol. The standard InChI is InChI=1S/C10H8F5NO3/c11-5-6(12)8(14)10(9(15)7(5)13)19-3-4(18)16-1-2-17/h17H,1-3H2,(H,16,18). The lowest BCUT2D eigenvalue weighted by atomic mass is 10.2. The number of benzene rings is 1. The van der Waals surface area contributed by atoms with Crippen LogP contribution in [0.3, 0.4) is 0 Å². The molecule has 1 amide bonds. The number of halogens is 5. The van der Waals surface area contributed by atoms with Crippen LogP contribution < -0.4 is 10.1 Å². The molecule has 0 saturated carbocycles. The molecule has 1 rings (SSSR count). The van der Waals surface area contributed by atoms with Crippen molar-refractivity contribution in [2.75, 3.05) is 19.8 Å². The summed E-state index contributed by atoms with van der Waals surface area (Å²) >= 11 is 0. The van der Waals surface area contributed by atoms with Crippen LogP contribution in [0.15, 0.2) is 0 Å². The van der Waals surface area contributed by atoms with Crippen LogP contribution in [0.4, 0.5) is 22.0 Å². The first kappa shape index (κ1) is 15.2. The highest BCUT2D eigenvalue weighted by atomic mass is 19.2. The lowest BCUT2D eigenvalue weighted by Gasteiger charge is -2.10. The van der Waals surface area contributed by atoms with E-state index in [0.717, 1.165) is 0 Å². The van der Waals surface area contributed by atoms with E-state index in [1.807, 2.05) is 0 Å². The summed E-state index contributed by atoms with van der Waals surface area (Å²) in [6.45, 7) is -1.48. The van der Waals surface area contributed by atoms with E-state index >= 15 is 0 Å². The molecule has 19 heavy (non-hydrogen) atoms. The molecule has 0 aliphatic heterocycles. The summed E-state index contributed by atoms with van der Waals surface area (Å²) in [6.07, 6.45) is 0. The number of amides is 1. The van der Waals surface area contributed by atoms with Crippen molar-refractivity contribution in [2.45, 2.75) is 0 Å². The SMILES string of the molecule is O=C(COc1c(F)c(F)c(F)c(F)c1F)NCCO. The second-order valence-electron chi connectivity index (χ2n) is 3.26. The molecule has 0 bridgehead atoms. The number of hydrogen-bond donors (Lipinski definition) is 2. The number of aliphatic hydroxyl groups excluding tert-OH is 1. The molecule has 0 spiro atoms. The summed E-state index contributed by atoms with van der Waals surface area (Å²) in [5.74, 6) is -13.4. The monoisotopic (exact) mass is 285 g/mol. The van der Waals surface area contributed by atoms with Gasteiger partial charge in [0.1, 0.15) is 0 Å². The van der Waals surface area contributed by atoms with Crippen LogP contribution in [0.25, 0.3) is 0 Å². The van der Waals surface area contributed by atoms with Crippen LogP contribution in [0.1, 0.15) is 0 Å². The third-order valence-corrected chi connectivity index (χ3v) is 1.95. The minimum atomic E-state index is -2.31. The lowest BCUT2D eigenvalue weighted by molar-refractivity contribution is -0.123. The van der Waals surface area contributed by atoms with Crippen LogP contribution >= 0.6 is 0 Å². The normalized spacial score (nSPS) is 10.4. The van der Waals surface area contributed by atoms with E-state index in [9.17, 15) is 26.7 Å².